The Kier molecular flexibility index (Phi) is 9.55. The molecule has 0 aromatic heterocycles. The van der Waals surface area contributed by atoms with Crippen molar-refractivity contribution in [2.45, 2.75) is 6.92 Å². The van der Waals surface area contributed by atoms with E-state index in [0.29, 0.717) is 6.61 Å². The summed E-state index contributed by atoms with van der Waals surface area (Å²) in [7, 11) is 0. The molecule has 0 unspecified atom stereocenters. The van der Waals surface area contributed by atoms with Crippen molar-refractivity contribution in [3.63, 3.8) is 0 Å². The van der Waals surface area contributed by atoms with Gasteiger partial charge in [0.2, 0.25) is 0 Å². The fraction of sp³-hybridized carbons (Fsp3) is 0.400. The van der Waals surface area contributed by atoms with Crippen LogP contribution in [-0.2, 0) is 9.53 Å². The Morgan fingerprint density at radius 3 is 2.50 bits per heavy atom. The van der Waals surface area contributed by atoms with Gasteiger partial charge in [-0.15, -0.1) is 0 Å². The monoisotopic (exact) mass is 222 g/mol. The molecule has 0 amide bonds. The second kappa shape index (κ2) is 7.01. The van der Waals surface area contributed by atoms with Crippen molar-refractivity contribution in [1.29, 1.82) is 0 Å². The Hall–Kier alpha value is 0.00870. The number of carbonyl (C=O) groups is 1. The van der Waals surface area contributed by atoms with E-state index in [1.54, 1.807) is 0 Å². The summed E-state index contributed by atoms with van der Waals surface area (Å²) < 4.78 is 4.43. The average Bonchev–Trinajstić information content (AvgIpc) is 1.61. The van der Waals surface area contributed by atoms with E-state index in [4.69, 9.17) is 0 Å². The van der Waals surface area contributed by atoms with Crippen molar-refractivity contribution < 1.29 is 9.53 Å². The molecule has 0 N–H and O–H groups in total. The van der Waals surface area contributed by atoms with Gasteiger partial charge in [-0.1, -0.05) is 12.7 Å². The summed E-state index contributed by atoms with van der Waals surface area (Å²) in [5.74, 6) is -0.264. The van der Waals surface area contributed by atoms with Crippen LogP contribution in [-0.4, -0.2) is 36.5 Å². The molecule has 8 heavy (non-hydrogen) atoms. The van der Waals surface area contributed by atoms with E-state index in [1.807, 2.05) is 0 Å². The molecule has 3 heteroatoms. The van der Waals surface area contributed by atoms with Gasteiger partial charge in [0.25, 0.3) is 0 Å². The van der Waals surface area contributed by atoms with Gasteiger partial charge in [-0.3, -0.25) is 4.79 Å². The first-order chi connectivity index (χ1) is 3.27. The van der Waals surface area contributed by atoms with E-state index in [0.717, 1.165) is 0 Å². The molecule has 2 radical (unpaired) electrons. The number of hydrogen-bond acceptors (Lipinski definition) is 2. The van der Waals surface area contributed by atoms with Crippen molar-refractivity contribution in [1.82, 2.24) is 0 Å². The summed E-state index contributed by atoms with van der Waals surface area (Å²) >= 11 is 0. The summed E-state index contributed by atoms with van der Waals surface area (Å²) in [6.45, 7) is 5.03. The molecule has 0 bridgehead atoms. The van der Waals surface area contributed by atoms with E-state index in [1.165, 1.54) is 13.0 Å². The predicted molar refractivity (Wildman–Crippen MR) is 35.4 cm³/mol. The fourth-order valence-electron chi connectivity index (χ4n) is 0.176. The van der Waals surface area contributed by atoms with Crippen LogP contribution in [0, 0.1) is 0 Å². The molecule has 0 atom stereocenters. The van der Waals surface area contributed by atoms with Gasteiger partial charge in [-0.2, -0.15) is 0 Å². The van der Waals surface area contributed by atoms with Gasteiger partial charge in [0.05, 0.1) is 0 Å². The maximum absolute atomic E-state index is 9.93. The SMILES string of the molecule is C=CCOC(C)=O.[SnH2]. The van der Waals surface area contributed by atoms with Gasteiger partial charge < -0.3 is 4.74 Å². The third-order valence-electron chi connectivity index (χ3n) is 0.404. The Morgan fingerprint density at radius 2 is 2.38 bits per heavy atom. The molecule has 0 heterocycles. The molecule has 0 aliphatic rings. The van der Waals surface area contributed by atoms with Crippen molar-refractivity contribution in [2.24, 2.45) is 0 Å². The van der Waals surface area contributed by atoms with Gasteiger partial charge in [0.15, 0.2) is 0 Å². The summed E-state index contributed by atoms with van der Waals surface area (Å²) in [6.07, 6.45) is 1.53. The van der Waals surface area contributed by atoms with Crippen molar-refractivity contribution in [2.75, 3.05) is 6.61 Å². The van der Waals surface area contributed by atoms with Crippen LogP contribution >= 0.6 is 0 Å². The van der Waals surface area contributed by atoms with Crippen molar-refractivity contribution in [3.8, 4) is 0 Å². The van der Waals surface area contributed by atoms with Crippen LogP contribution in [0.25, 0.3) is 0 Å². The molecule has 0 saturated carbocycles. The Labute approximate surface area is 65.9 Å². The van der Waals surface area contributed by atoms with Crippen molar-refractivity contribution >= 4 is 29.9 Å². The second-order valence-electron chi connectivity index (χ2n) is 1.09. The molecule has 0 aliphatic carbocycles. The zero-order valence-electron chi connectivity index (χ0n) is 5.02. The normalized spacial score (nSPS) is 6.62. The molecular weight excluding hydrogens is 211 g/mol. The van der Waals surface area contributed by atoms with Gasteiger partial charge in [-0.05, 0) is 0 Å². The predicted octanol–water partition coefficient (Wildman–Crippen LogP) is -0.181. The maximum atomic E-state index is 9.93. The molecular formula is C5H10O2Sn. The summed E-state index contributed by atoms with van der Waals surface area (Å²) in [4.78, 5) is 9.93. The van der Waals surface area contributed by atoms with Crippen molar-refractivity contribution in [3.05, 3.63) is 12.7 Å². The second-order valence-corrected chi connectivity index (χ2v) is 1.09. The molecule has 0 aromatic carbocycles. The van der Waals surface area contributed by atoms with Crippen LogP contribution in [0.15, 0.2) is 12.7 Å². The van der Waals surface area contributed by atoms with Crippen LogP contribution in [0.2, 0.25) is 0 Å². The van der Waals surface area contributed by atoms with Crippen LogP contribution in [0.4, 0.5) is 0 Å². The number of ether oxygens (including phenoxy) is 1. The third-order valence-corrected chi connectivity index (χ3v) is 0.404. The van der Waals surface area contributed by atoms with Crippen LogP contribution in [0.3, 0.4) is 0 Å². The molecule has 0 fully saturated rings. The van der Waals surface area contributed by atoms with Gasteiger partial charge in [0.1, 0.15) is 6.61 Å². The zero-order chi connectivity index (χ0) is 5.70. The minimum absolute atomic E-state index is 0. The molecule has 0 aliphatic heterocycles. The van der Waals surface area contributed by atoms with Crippen LogP contribution in [0.1, 0.15) is 6.92 Å². The minimum atomic E-state index is -0.264. The summed E-state index contributed by atoms with van der Waals surface area (Å²) in [5, 5.41) is 0. The number of carbonyl (C=O) groups excluding carboxylic acids is 1. The summed E-state index contributed by atoms with van der Waals surface area (Å²) in [6, 6.07) is 0. The number of rotatable bonds is 2. The Balaban J connectivity index is 0. The quantitative estimate of drug-likeness (QED) is 0.367. The van der Waals surface area contributed by atoms with Gasteiger partial charge >= 0.3 is 29.9 Å². The van der Waals surface area contributed by atoms with E-state index in [-0.39, 0.29) is 29.9 Å². The number of esters is 1. The van der Waals surface area contributed by atoms with E-state index in [9.17, 15) is 4.79 Å². The topological polar surface area (TPSA) is 26.3 Å². The molecule has 0 spiro atoms. The number of hydrogen-bond donors (Lipinski definition) is 0. The molecule has 0 aromatic rings. The third kappa shape index (κ3) is 9.38. The fourth-order valence-corrected chi connectivity index (χ4v) is 0.176. The summed E-state index contributed by atoms with van der Waals surface area (Å²) in [5.41, 5.74) is 0. The molecule has 0 rings (SSSR count). The van der Waals surface area contributed by atoms with E-state index >= 15 is 0 Å². The average molecular weight is 221 g/mol. The molecule has 0 saturated heterocycles. The Bertz CT molecular complexity index is 80.5. The van der Waals surface area contributed by atoms with E-state index in [2.05, 4.69) is 11.3 Å². The Morgan fingerprint density at radius 1 is 1.88 bits per heavy atom. The zero-order valence-corrected chi connectivity index (χ0v) is 9.05. The molecule has 46 valence electrons. The first kappa shape index (κ1) is 10.9. The first-order valence-electron chi connectivity index (χ1n) is 2.01. The first-order valence-corrected chi connectivity index (χ1v) is 2.01. The van der Waals surface area contributed by atoms with Gasteiger partial charge in [-0.25, -0.2) is 0 Å². The van der Waals surface area contributed by atoms with Crippen LogP contribution in [0.5, 0.6) is 0 Å². The van der Waals surface area contributed by atoms with E-state index < -0.39 is 0 Å². The van der Waals surface area contributed by atoms with Gasteiger partial charge in [0, 0.05) is 6.92 Å². The van der Waals surface area contributed by atoms with Crippen LogP contribution < -0.4 is 0 Å². The standard InChI is InChI=1S/C5H8O2.Sn.2H/c1-3-4-7-5(2)6;;;/h3H,1,4H2,2H3;;;. The molecule has 2 nitrogen and oxygen atoms in total.